The summed E-state index contributed by atoms with van der Waals surface area (Å²) < 4.78 is 6.92. The molecule has 29 heavy (non-hydrogen) atoms. The summed E-state index contributed by atoms with van der Waals surface area (Å²) in [6.07, 6.45) is 5.30. The number of allylic oxidation sites excluding steroid dienone is 1. The van der Waals surface area contributed by atoms with E-state index < -0.39 is 8.32 Å². The lowest BCUT2D eigenvalue weighted by atomic mass is 10.1. The van der Waals surface area contributed by atoms with Gasteiger partial charge in [-0.1, -0.05) is 113 Å². The fourth-order valence-electron chi connectivity index (χ4n) is 3.52. The second-order valence-electron chi connectivity index (χ2n) is 7.79. The van der Waals surface area contributed by atoms with E-state index in [0.717, 1.165) is 29.9 Å². The molecule has 0 atom stereocenters. The van der Waals surface area contributed by atoms with Gasteiger partial charge in [0.2, 0.25) is 0 Å². The first kappa shape index (κ1) is 29.1. The number of benzene rings is 2. The monoisotopic (exact) mass is 668 g/mol. The van der Waals surface area contributed by atoms with Gasteiger partial charge in [-0.05, 0) is 40.2 Å². The maximum atomic E-state index is 6.92. The van der Waals surface area contributed by atoms with Crippen molar-refractivity contribution in [2.75, 3.05) is 10.7 Å². The van der Waals surface area contributed by atoms with E-state index in [0.29, 0.717) is 0 Å². The normalized spacial score (nSPS) is 12.0. The first-order chi connectivity index (χ1) is 13.0. The summed E-state index contributed by atoms with van der Waals surface area (Å²) in [5, 5.41) is 4.62. The van der Waals surface area contributed by atoms with E-state index >= 15 is 0 Å². The lowest BCUT2D eigenvalue weighted by Crippen LogP contribution is -2.65. The predicted octanol–water partition coefficient (Wildman–Crippen LogP) is 7.56. The summed E-state index contributed by atoms with van der Waals surface area (Å²) in [5.74, 6) is 0. The molecule has 0 bridgehead atoms. The lowest BCUT2D eigenvalue weighted by Gasteiger charge is -2.42. The fraction of sp³-hybridized carbons (Fsp3) is 0.391. The largest absolute Gasteiger partial charge is 0.540 e. The van der Waals surface area contributed by atoms with Gasteiger partial charge >= 0.3 is 8.32 Å². The van der Waals surface area contributed by atoms with E-state index in [1.165, 1.54) is 15.9 Å². The fourth-order valence-corrected chi connectivity index (χ4v) is 8.67. The Morgan fingerprint density at radius 1 is 0.828 bits per heavy atom. The summed E-state index contributed by atoms with van der Waals surface area (Å²) in [5.41, 5.74) is 1.37. The Morgan fingerprint density at radius 3 is 1.69 bits per heavy atom. The van der Waals surface area contributed by atoms with E-state index in [-0.39, 0.29) is 39.0 Å². The van der Waals surface area contributed by atoms with Crippen molar-refractivity contribution in [3.8, 4) is 0 Å². The van der Waals surface area contributed by atoms with Crippen LogP contribution in [0.4, 0.5) is 0 Å². The zero-order valence-electron chi connectivity index (χ0n) is 17.4. The highest BCUT2D eigenvalue weighted by Gasteiger charge is 2.51. The molecule has 2 aromatic carbocycles. The van der Waals surface area contributed by atoms with Crippen LogP contribution in [-0.4, -0.2) is 19.0 Å². The Labute approximate surface area is 215 Å². The Kier molecular flexibility index (Phi) is 14.3. The van der Waals surface area contributed by atoms with Crippen molar-refractivity contribution in [1.29, 1.82) is 0 Å². The van der Waals surface area contributed by atoms with Crippen LogP contribution in [0.25, 0.3) is 0 Å². The molecular weight excluding hydrogens is 640 g/mol. The third kappa shape index (κ3) is 7.64. The second-order valence-corrected chi connectivity index (χ2v) is 13.6. The third-order valence-corrected chi connectivity index (χ3v) is 10.7. The minimum Gasteiger partial charge on any atom is -0.540 e. The zero-order valence-corrected chi connectivity index (χ0v) is 25.0. The molecule has 0 aliphatic carbocycles. The van der Waals surface area contributed by atoms with Crippen LogP contribution in [0.2, 0.25) is 5.04 Å². The van der Waals surface area contributed by atoms with Gasteiger partial charge in [0.25, 0.3) is 0 Å². The van der Waals surface area contributed by atoms with E-state index in [1.807, 2.05) is 0 Å². The molecule has 0 unspecified atom stereocenters. The molecule has 0 heterocycles. The van der Waals surface area contributed by atoms with Gasteiger partial charge in [-0.25, -0.2) is 0 Å². The summed E-state index contributed by atoms with van der Waals surface area (Å²) >= 11 is 7.15. The number of hydrogen-bond donors (Lipinski definition) is 0. The van der Waals surface area contributed by atoms with Crippen LogP contribution in [0.1, 0.15) is 40.0 Å². The zero-order chi connectivity index (χ0) is 19.8. The Hall–Kier alpha value is 0.117. The van der Waals surface area contributed by atoms with Crippen molar-refractivity contribution in [2.45, 2.75) is 45.1 Å². The van der Waals surface area contributed by atoms with E-state index in [9.17, 15) is 0 Å². The van der Waals surface area contributed by atoms with Crippen molar-refractivity contribution in [3.63, 3.8) is 0 Å². The molecule has 2 rings (SSSR count). The molecule has 0 saturated carbocycles. The van der Waals surface area contributed by atoms with Gasteiger partial charge in [0, 0.05) is 10.7 Å². The predicted molar refractivity (Wildman–Crippen MR) is 149 cm³/mol. The lowest BCUT2D eigenvalue weighted by molar-refractivity contribution is 0.436. The van der Waals surface area contributed by atoms with Gasteiger partial charge in [-0.15, -0.1) is 34.0 Å². The average molecular weight is 672 g/mol. The molecule has 0 N–H and O–H groups in total. The highest BCUT2D eigenvalue weighted by atomic mass is 79.9. The highest BCUT2D eigenvalue weighted by Crippen LogP contribution is 2.37. The molecule has 162 valence electrons. The molecule has 0 amide bonds. The van der Waals surface area contributed by atoms with Gasteiger partial charge in [-0.2, -0.15) is 0 Å². The van der Waals surface area contributed by atoms with E-state index in [2.05, 4.69) is 120 Å². The topological polar surface area (TPSA) is 9.23 Å². The number of halogens is 4. The second kappa shape index (κ2) is 14.2. The van der Waals surface area contributed by atoms with Crippen LogP contribution < -0.4 is 10.4 Å². The molecule has 0 radical (unpaired) electrons. The van der Waals surface area contributed by atoms with Crippen LogP contribution in [0.15, 0.2) is 72.5 Å². The average Bonchev–Trinajstić information content (AvgIpc) is 2.67. The Balaban J connectivity index is 0.00000392. The smallest absolute Gasteiger partial charge is 0.319 e. The van der Waals surface area contributed by atoms with Crippen LogP contribution in [0.5, 0.6) is 0 Å². The van der Waals surface area contributed by atoms with Gasteiger partial charge in [0.15, 0.2) is 0 Å². The quantitative estimate of drug-likeness (QED) is 0.152. The summed E-state index contributed by atoms with van der Waals surface area (Å²) in [4.78, 5) is 0. The standard InChI is InChI=1S/C23H30Br2OSi.2BrH/c1-23(2,3)27(21-12-6-4-7-13-21,22-14-8-5-9-15-22)26-19-20(16-18-25)11-10-17-24;;/h4-9,12-15,19H,10-11,16-18H2,1-3H3;2*1H. The van der Waals surface area contributed by atoms with Crippen molar-refractivity contribution in [1.82, 2.24) is 0 Å². The molecular formula is C23H32Br4OSi. The molecule has 0 aliphatic rings. The summed E-state index contributed by atoms with van der Waals surface area (Å²) in [6.45, 7) is 6.95. The highest BCUT2D eigenvalue weighted by molar-refractivity contribution is 9.09. The van der Waals surface area contributed by atoms with Crippen LogP contribution in [0, 0.1) is 0 Å². The SMILES string of the molecule is Br.Br.CC(C)(C)[Si](OC=C(CCBr)CCCBr)(c1ccccc1)c1ccccc1. The minimum atomic E-state index is -2.48. The van der Waals surface area contributed by atoms with Gasteiger partial charge in [0.05, 0.1) is 6.26 Å². The van der Waals surface area contributed by atoms with Crippen molar-refractivity contribution in [3.05, 3.63) is 72.5 Å². The van der Waals surface area contributed by atoms with E-state index in [1.54, 1.807) is 0 Å². The Bertz CT molecular complexity index is 675. The van der Waals surface area contributed by atoms with Crippen molar-refractivity contribution < 1.29 is 4.43 Å². The number of rotatable bonds is 9. The molecule has 0 saturated heterocycles. The molecule has 0 fully saturated rings. The molecule has 0 spiro atoms. The van der Waals surface area contributed by atoms with E-state index in [4.69, 9.17) is 4.43 Å². The maximum Gasteiger partial charge on any atom is 0.319 e. The minimum absolute atomic E-state index is 0. The van der Waals surface area contributed by atoms with Gasteiger partial charge in [-0.3, -0.25) is 0 Å². The summed E-state index contributed by atoms with van der Waals surface area (Å²) in [6, 6.07) is 21.6. The Morgan fingerprint density at radius 2 is 1.31 bits per heavy atom. The molecule has 6 heteroatoms. The van der Waals surface area contributed by atoms with Crippen LogP contribution in [-0.2, 0) is 4.43 Å². The van der Waals surface area contributed by atoms with Gasteiger partial charge in [0.1, 0.15) is 0 Å². The first-order valence-corrected chi connectivity index (χ1v) is 13.7. The summed E-state index contributed by atoms with van der Waals surface area (Å²) in [7, 11) is -2.48. The van der Waals surface area contributed by atoms with Crippen LogP contribution in [0.3, 0.4) is 0 Å². The van der Waals surface area contributed by atoms with Crippen LogP contribution >= 0.6 is 65.8 Å². The van der Waals surface area contributed by atoms with Crippen molar-refractivity contribution >= 4 is 84.5 Å². The maximum absolute atomic E-state index is 6.92. The van der Waals surface area contributed by atoms with Gasteiger partial charge < -0.3 is 4.43 Å². The number of hydrogen-bond acceptors (Lipinski definition) is 1. The molecule has 0 aliphatic heterocycles. The number of alkyl halides is 2. The molecule has 1 nitrogen and oxygen atoms in total. The first-order valence-electron chi connectivity index (χ1n) is 9.54. The third-order valence-electron chi connectivity index (χ3n) is 4.87. The molecule has 2 aromatic rings. The van der Waals surface area contributed by atoms with Crippen molar-refractivity contribution in [2.24, 2.45) is 0 Å². The molecule has 0 aromatic heterocycles.